The fourth-order valence-corrected chi connectivity index (χ4v) is 5.73. The van der Waals surface area contributed by atoms with Gasteiger partial charge >= 0.3 is 0 Å². The summed E-state index contributed by atoms with van der Waals surface area (Å²) >= 11 is 1.88. The summed E-state index contributed by atoms with van der Waals surface area (Å²) < 4.78 is 5.97. The predicted molar refractivity (Wildman–Crippen MR) is 111 cm³/mol. The van der Waals surface area contributed by atoms with Crippen LogP contribution in [0, 0.1) is 0 Å². The zero-order valence-electron chi connectivity index (χ0n) is 15.9. The number of ether oxygens (including phenoxy) is 1. The van der Waals surface area contributed by atoms with Crippen molar-refractivity contribution in [2.75, 3.05) is 18.0 Å². The maximum Gasteiger partial charge on any atom is 0.141 e. The number of morpholine rings is 1. The lowest BCUT2D eigenvalue weighted by Crippen LogP contribution is -2.46. The van der Waals surface area contributed by atoms with Crippen LogP contribution in [0.3, 0.4) is 0 Å². The number of aryl methyl sites for hydroxylation is 2. The first-order valence-corrected chi connectivity index (χ1v) is 10.7. The first kappa shape index (κ1) is 17.1. The summed E-state index contributed by atoms with van der Waals surface area (Å²) in [6.07, 6.45) is 4.85. The highest BCUT2D eigenvalue weighted by atomic mass is 32.1. The molecular weight excluding hydrogens is 354 g/mol. The van der Waals surface area contributed by atoms with Crippen molar-refractivity contribution in [1.82, 2.24) is 9.97 Å². The molecule has 3 heterocycles. The molecule has 5 rings (SSSR count). The van der Waals surface area contributed by atoms with Gasteiger partial charge < -0.3 is 9.64 Å². The van der Waals surface area contributed by atoms with Gasteiger partial charge in [0.1, 0.15) is 16.5 Å². The van der Waals surface area contributed by atoms with Gasteiger partial charge in [0.05, 0.1) is 17.6 Å². The Hall–Kier alpha value is -1.98. The minimum Gasteiger partial charge on any atom is -0.372 e. The predicted octanol–water partition coefficient (Wildman–Crippen LogP) is 4.38. The molecule has 1 aliphatic carbocycles. The Labute approximate surface area is 164 Å². The number of hydrogen-bond acceptors (Lipinski definition) is 5. The number of aromatic nitrogens is 2. The number of thiophene rings is 1. The Balaban J connectivity index is 1.62. The van der Waals surface area contributed by atoms with Gasteiger partial charge in [-0.1, -0.05) is 30.3 Å². The van der Waals surface area contributed by atoms with Gasteiger partial charge in [0.2, 0.25) is 0 Å². The van der Waals surface area contributed by atoms with E-state index < -0.39 is 0 Å². The van der Waals surface area contributed by atoms with Crippen LogP contribution in [0.1, 0.15) is 42.1 Å². The molecule has 2 aliphatic rings. The van der Waals surface area contributed by atoms with Gasteiger partial charge in [-0.15, -0.1) is 11.3 Å². The summed E-state index contributed by atoms with van der Waals surface area (Å²) in [5.74, 6) is 2.06. The second-order valence-corrected chi connectivity index (χ2v) is 8.91. The maximum atomic E-state index is 5.97. The SMILES string of the molecule is CC1CN(c2nc(Cc3ccccc3)nc3sc4c(c23)CCC4)CC(C)O1. The van der Waals surface area contributed by atoms with Crippen LogP contribution in [-0.4, -0.2) is 35.3 Å². The molecule has 3 aromatic rings. The van der Waals surface area contributed by atoms with Crippen LogP contribution in [0.15, 0.2) is 30.3 Å². The van der Waals surface area contributed by atoms with Crippen LogP contribution in [0.5, 0.6) is 0 Å². The van der Waals surface area contributed by atoms with E-state index in [0.29, 0.717) is 0 Å². The molecule has 0 radical (unpaired) electrons. The average Bonchev–Trinajstić information content (AvgIpc) is 3.22. The number of nitrogens with zero attached hydrogens (tertiary/aromatic N) is 3. The van der Waals surface area contributed by atoms with Gasteiger partial charge in [-0.3, -0.25) is 0 Å². The molecular formula is C22H25N3OS. The average molecular weight is 380 g/mol. The van der Waals surface area contributed by atoms with Gasteiger partial charge in [0, 0.05) is 24.4 Å². The number of rotatable bonds is 3. The minimum absolute atomic E-state index is 0.225. The van der Waals surface area contributed by atoms with E-state index in [1.165, 1.54) is 45.5 Å². The van der Waals surface area contributed by atoms with E-state index >= 15 is 0 Å². The highest BCUT2D eigenvalue weighted by Gasteiger charge is 2.29. The summed E-state index contributed by atoms with van der Waals surface area (Å²) in [6, 6.07) is 10.5. The van der Waals surface area contributed by atoms with Crippen LogP contribution in [0.2, 0.25) is 0 Å². The normalized spacial score (nSPS) is 22.4. The van der Waals surface area contributed by atoms with Crippen molar-refractivity contribution in [3.05, 3.63) is 52.2 Å². The molecule has 1 fully saturated rings. The maximum absolute atomic E-state index is 5.97. The zero-order valence-corrected chi connectivity index (χ0v) is 16.8. The topological polar surface area (TPSA) is 38.2 Å². The van der Waals surface area contributed by atoms with Gasteiger partial charge in [-0.05, 0) is 44.2 Å². The molecule has 1 aliphatic heterocycles. The van der Waals surface area contributed by atoms with Crippen molar-refractivity contribution < 1.29 is 4.74 Å². The molecule has 4 nitrogen and oxygen atoms in total. The van der Waals surface area contributed by atoms with E-state index in [1.807, 2.05) is 11.3 Å². The molecule has 2 unspecified atom stereocenters. The number of anilines is 1. The van der Waals surface area contributed by atoms with Gasteiger partial charge in [-0.2, -0.15) is 0 Å². The zero-order chi connectivity index (χ0) is 18.4. The molecule has 0 bridgehead atoms. The minimum atomic E-state index is 0.225. The molecule has 0 amide bonds. The van der Waals surface area contributed by atoms with E-state index in [1.54, 1.807) is 0 Å². The van der Waals surface area contributed by atoms with E-state index in [2.05, 4.69) is 49.1 Å². The van der Waals surface area contributed by atoms with Crippen molar-refractivity contribution in [2.45, 2.75) is 51.7 Å². The summed E-state index contributed by atoms with van der Waals surface area (Å²) in [6.45, 7) is 6.10. The Morgan fingerprint density at radius 3 is 2.63 bits per heavy atom. The molecule has 2 aromatic heterocycles. The van der Waals surface area contributed by atoms with Gasteiger partial charge in [0.25, 0.3) is 0 Å². The van der Waals surface area contributed by atoms with Crippen LogP contribution in [0.4, 0.5) is 5.82 Å². The van der Waals surface area contributed by atoms with E-state index in [0.717, 1.165) is 31.2 Å². The molecule has 27 heavy (non-hydrogen) atoms. The lowest BCUT2D eigenvalue weighted by Gasteiger charge is -2.36. The largest absolute Gasteiger partial charge is 0.372 e. The van der Waals surface area contributed by atoms with Crippen molar-refractivity contribution >= 4 is 27.4 Å². The summed E-state index contributed by atoms with van der Waals surface area (Å²) in [7, 11) is 0. The molecule has 140 valence electrons. The molecule has 0 saturated carbocycles. The second kappa shape index (κ2) is 6.88. The fraction of sp³-hybridized carbons (Fsp3) is 0.455. The molecule has 0 N–H and O–H groups in total. The van der Waals surface area contributed by atoms with Gasteiger partial charge in [0.15, 0.2) is 0 Å². The van der Waals surface area contributed by atoms with Crippen molar-refractivity contribution in [3.63, 3.8) is 0 Å². The monoisotopic (exact) mass is 379 g/mol. The summed E-state index contributed by atoms with van der Waals surface area (Å²) in [5, 5.41) is 1.31. The molecule has 0 spiro atoms. The van der Waals surface area contributed by atoms with Crippen molar-refractivity contribution in [3.8, 4) is 0 Å². The van der Waals surface area contributed by atoms with E-state index in [9.17, 15) is 0 Å². The molecule has 5 heteroatoms. The summed E-state index contributed by atoms with van der Waals surface area (Å²) in [5.41, 5.74) is 2.76. The Morgan fingerprint density at radius 2 is 1.85 bits per heavy atom. The standard InChI is InChI=1S/C22H25N3OS/c1-14-12-25(13-15(2)26-14)21-20-17-9-6-10-18(17)27-22(20)24-19(23-21)11-16-7-4-3-5-8-16/h3-5,7-8,14-15H,6,9-13H2,1-2H3. The second-order valence-electron chi connectivity index (χ2n) is 7.83. The van der Waals surface area contributed by atoms with Crippen LogP contribution in [0.25, 0.3) is 10.2 Å². The van der Waals surface area contributed by atoms with Crippen molar-refractivity contribution in [2.24, 2.45) is 0 Å². The van der Waals surface area contributed by atoms with Gasteiger partial charge in [-0.25, -0.2) is 9.97 Å². The lowest BCUT2D eigenvalue weighted by atomic mass is 10.1. The quantitative estimate of drug-likeness (QED) is 0.677. The first-order chi connectivity index (χ1) is 13.2. The number of benzene rings is 1. The van der Waals surface area contributed by atoms with Crippen LogP contribution in [-0.2, 0) is 24.0 Å². The molecule has 2 atom stereocenters. The Bertz CT molecular complexity index is 959. The Morgan fingerprint density at radius 1 is 1.07 bits per heavy atom. The lowest BCUT2D eigenvalue weighted by molar-refractivity contribution is -0.00538. The molecule has 1 aromatic carbocycles. The number of hydrogen-bond donors (Lipinski definition) is 0. The molecule has 1 saturated heterocycles. The highest BCUT2D eigenvalue weighted by molar-refractivity contribution is 7.19. The number of fused-ring (bicyclic) bond motifs is 3. The fourth-order valence-electron chi connectivity index (χ4n) is 4.46. The smallest absolute Gasteiger partial charge is 0.141 e. The summed E-state index contributed by atoms with van der Waals surface area (Å²) in [4.78, 5) is 15.2. The third-order valence-corrected chi connectivity index (χ3v) is 6.70. The highest BCUT2D eigenvalue weighted by Crippen LogP contribution is 2.41. The third-order valence-electron chi connectivity index (χ3n) is 5.52. The van der Waals surface area contributed by atoms with E-state index in [-0.39, 0.29) is 12.2 Å². The van der Waals surface area contributed by atoms with Crippen LogP contribution >= 0.6 is 11.3 Å². The van der Waals surface area contributed by atoms with E-state index in [4.69, 9.17) is 14.7 Å². The van der Waals surface area contributed by atoms with Crippen LogP contribution < -0.4 is 4.90 Å². The van der Waals surface area contributed by atoms with Crippen molar-refractivity contribution in [1.29, 1.82) is 0 Å². The first-order valence-electron chi connectivity index (χ1n) is 9.93. The third kappa shape index (κ3) is 3.23. The Kier molecular flexibility index (Phi) is 4.37.